The predicted molar refractivity (Wildman–Crippen MR) is 54.4 cm³/mol. The molecule has 1 saturated heterocycles. The highest BCUT2D eigenvalue weighted by molar-refractivity contribution is 4.96. The van der Waals surface area contributed by atoms with E-state index in [0.717, 1.165) is 0 Å². The molecule has 0 unspecified atom stereocenters. The third kappa shape index (κ3) is 2.99. The molecule has 0 N–H and O–H groups in total. The molecular formula is C11H16F6O2. The zero-order valence-corrected chi connectivity index (χ0v) is 10.6. The largest absolute Gasteiger partial charge is 0.453 e. The third-order valence-corrected chi connectivity index (χ3v) is 2.94. The maximum atomic E-state index is 12.8. The molecule has 0 aromatic carbocycles. The Kier molecular flexibility index (Phi) is 4.77. The molecule has 114 valence electrons. The molecule has 2 atom stereocenters. The van der Waals surface area contributed by atoms with Gasteiger partial charge in [-0.15, -0.1) is 0 Å². The van der Waals surface area contributed by atoms with Crippen LogP contribution in [0.25, 0.3) is 0 Å². The van der Waals surface area contributed by atoms with E-state index in [-0.39, 0.29) is 12.8 Å². The van der Waals surface area contributed by atoms with Gasteiger partial charge in [0.05, 0.1) is 12.2 Å². The Hall–Kier alpha value is -0.500. The normalized spacial score (nSPS) is 27.8. The van der Waals surface area contributed by atoms with Gasteiger partial charge in [-0.2, -0.15) is 26.3 Å². The van der Waals surface area contributed by atoms with E-state index in [1.54, 1.807) is 13.8 Å². The quantitative estimate of drug-likeness (QED) is 0.724. The van der Waals surface area contributed by atoms with Gasteiger partial charge in [-0.05, 0) is 12.8 Å². The molecule has 0 aromatic heterocycles. The SMILES string of the molecule is CCC[C@@H]1OC(C(F)(F)F)(C(F)(F)F)O[C@H]1CCC. The summed E-state index contributed by atoms with van der Waals surface area (Å²) < 4.78 is 85.2. The standard InChI is InChI=1S/C11H16F6O2/c1-3-5-7-8(6-4-2)19-9(18-7,10(12,13)14)11(15,16)17/h7-8H,3-6H2,1-2H3/t7-,8-/m0/s1. The molecule has 19 heavy (non-hydrogen) atoms. The lowest BCUT2D eigenvalue weighted by molar-refractivity contribution is -0.446. The Morgan fingerprint density at radius 3 is 1.32 bits per heavy atom. The zero-order valence-electron chi connectivity index (χ0n) is 10.6. The minimum atomic E-state index is -5.65. The topological polar surface area (TPSA) is 18.5 Å². The maximum absolute atomic E-state index is 12.8. The third-order valence-electron chi connectivity index (χ3n) is 2.94. The maximum Gasteiger partial charge on any atom is 0.453 e. The van der Waals surface area contributed by atoms with Gasteiger partial charge in [0.25, 0.3) is 0 Å². The summed E-state index contributed by atoms with van der Waals surface area (Å²) in [5, 5.41) is 0. The molecule has 0 aromatic rings. The van der Waals surface area contributed by atoms with Crippen molar-refractivity contribution >= 4 is 0 Å². The van der Waals surface area contributed by atoms with E-state index in [4.69, 9.17) is 0 Å². The van der Waals surface area contributed by atoms with Gasteiger partial charge in [-0.25, -0.2) is 0 Å². The molecule has 8 heteroatoms. The molecule has 0 spiro atoms. The van der Waals surface area contributed by atoms with Crippen LogP contribution in [0.1, 0.15) is 39.5 Å². The lowest BCUT2D eigenvalue weighted by atomic mass is 10.1. The lowest BCUT2D eigenvalue weighted by Gasteiger charge is -2.31. The highest BCUT2D eigenvalue weighted by atomic mass is 19.4. The first-order valence-corrected chi connectivity index (χ1v) is 6.08. The molecule has 0 aliphatic carbocycles. The minimum Gasteiger partial charge on any atom is -0.329 e. The predicted octanol–water partition coefficient (Wildman–Crippen LogP) is 4.19. The average Bonchev–Trinajstić information content (AvgIpc) is 2.58. The van der Waals surface area contributed by atoms with Crippen molar-refractivity contribution in [3.8, 4) is 0 Å². The Morgan fingerprint density at radius 2 is 1.11 bits per heavy atom. The minimum absolute atomic E-state index is 0.0958. The van der Waals surface area contributed by atoms with Gasteiger partial charge >= 0.3 is 18.1 Å². The van der Waals surface area contributed by atoms with Crippen molar-refractivity contribution in [2.24, 2.45) is 0 Å². The fourth-order valence-electron chi connectivity index (χ4n) is 2.09. The molecule has 0 amide bonds. The van der Waals surface area contributed by atoms with Gasteiger partial charge < -0.3 is 9.47 Å². The van der Waals surface area contributed by atoms with E-state index in [1.807, 2.05) is 0 Å². The van der Waals surface area contributed by atoms with Crippen LogP contribution in [-0.4, -0.2) is 30.3 Å². The second-order valence-corrected chi connectivity index (χ2v) is 4.50. The number of halogens is 6. The Morgan fingerprint density at radius 1 is 0.789 bits per heavy atom. The van der Waals surface area contributed by atoms with Crippen LogP contribution in [0.4, 0.5) is 26.3 Å². The average molecular weight is 294 g/mol. The van der Waals surface area contributed by atoms with Crippen LogP contribution < -0.4 is 0 Å². The summed E-state index contributed by atoms with van der Waals surface area (Å²) >= 11 is 0. The van der Waals surface area contributed by atoms with E-state index in [1.165, 1.54) is 0 Å². The van der Waals surface area contributed by atoms with Crippen molar-refractivity contribution in [3.63, 3.8) is 0 Å². The zero-order chi connectivity index (χ0) is 14.9. The number of rotatable bonds is 4. The Bertz CT molecular complexity index is 269. The Balaban J connectivity index is 3.09. The fraction of sp³-hybridized carbons (Fsp3) is 1.00. The van der Waals surface area contributed by atoms with Gasteiger partial charge in [0, 0.05) is 0 Å². The van der Waals surface area contributed by atoms with Crippen molar-refractivity contribution in [1.29, 1.82) is 0 Å². The van der Waals surface area contributed by atoms with Crippen LogP contribution in [-0.2, 0) is 9.47 Å². The van der Waals surface area contributed by atoms with Gasteiger partial charge in [0.15, 0.2) is 0 Å². The fourth-order valence-corrected chi connectivity index (χ4v) is 2.09. The summed E-state index contributed by atoms with van der Waals surface area (Å²) in [7, 11) is 0. The molecule has 1 aliphatic heterocycles. The molecule has 0 bridgehead atoms. The van der Waals surface area contributed by atoms with Crippen molar-refractivity contribution in [2.45, 2.75) is 69.9 Å². The molecule has 1 aliphatic rings. The van der Waals surface area contributed by atoms with E-state index >= 15 is 0 Å². The lowest BCUT2D eigenvalue weighted by Crippen LogP contribution is -2.58. The van der Waals surface area contributed by atoms with Crippen molar-refractivity contribution < 1.29 is 35.8 Å². The molecule has 1 rings (SSSR count). The first kappa shape index (κ1) is 16.6. The first-order chi connectivity index (χ1) is 8.59. The van der Waals surface area contributed by atoms with E-state index in [9.17, 15) is 26.3 Å². The second-order valence-electron chi connectivity index (χ2n) is 4.50. The molecule has 1 heterocycles. The molecule has 2 nitrogen and oxygen atoms in total. The summed E-state index contributed by atoms with van der Waals surface area (Å²) in [6.07, 6.45) is -12.7. The highest BCUT2D eigenvalue weighted by Crippen LogP contribution is 2.52. The monoisotopic (exact) mass is 294 g/mol. The Labute approximate surface area is 107 Å². The van der Waals surface area contributed by atoms with Crippen LogP contribution in [0.3, 0.4) is 0 Å². The van der Waals surface area contributed by atoms with Crippen LogP contribution in [0.5, 0.6) is 0 Å². The highest BCUT2D eigenvalue weighted by Gasteiger charge is 2.78. The summed E-state index contributed by atoms with van der Waals surface area (Å²) in [5.41, 5.74) is 0. The summed E-state index contributed by atoms with van der Waals surface area (Å²) in [4.78, 5) is 0. The van der Waals surface area contributed by atoms with Gasteiger partial charge in [0.2, 0.25) is 0 Å². The number of alkyl halides is 6. The summed E-state index contributed by atoms with van der Waals surface area (Å²) in [6, 6.07) is 0. The first-order valence-electron chi connectivity index (χ1n) is 6.08. The van der Waals surface area contributed by atoms with Crippen molar-refractivity contribution in [3.05, 3.63) is 0 Å². The van der Waals surface area contributed by atoms with Crippen molar-refractivity contribution in [1.82, 2.24) is 0 Å². The van der Waals surface area contributed by atoms with Crippen LogP contribution in [0, 0.1) is 0 Å². The number of ether oxygens (including phenoxy) is 2. The van der Waals surface area contributed by atoms with E-state index < -0.39 is 30.3 Å². The van der Waals surface area contributed by atoms with Gasteiger partial charge in [0.1, 0.15) is 0 Å². The van der Waals surface area contributed by atoms with Crippen molar-refractivity contribution in [2.75, 3.05) is 0 Å². The smallest absolute Gasteiger partial charge is 0.329 e. The van der Waals surface area contributed by atoms with Gasteiger partial charge in [-0.3, -0.25) is 0 Å². The van der Waals surface area contributed by atoms with E-state index in [0.29, 0.717) is 12.8 Å². The summed E-state index contributed by atoms with van der Waals surface area (Å²) in [5.74, 6) is -4.49. The molecular weight excluding hydrogens is 278 g/mol. The number of hydrogen-bond acceptors (Lipinski definition) is 2. The molecule has 0 saturated carbocycles. The molecule has 1 fully saturated rings. The van der Waals surface area contributed by atoms with Gasteiger partial charge in [-0.1, -0.05) is 26.7 Å². The van der Waals surface area contributed by atoms with Crippen LogP contribution in [0.15, 0.2) is 0 Å². The molecule has 0 radical (unpaired) electrons. The van der Waals surface area contributed by atoms with Crippen LogP contribution >= 0.6 is 0 Å². The second kappa shape index (κ2) is 5.47. The number of hydrogen-bond donors (Lipinski definition) is 0. The van der Waals surface area contributed by atoms with E-state index in [2.05, 4.69) is 9.47 Å². The summed E-state index contributed by atoms with van der Waals surface area (Å²) in [6.45, 7) is 3.32. The van der Waals surface area contributed by atoms with Crippen LogP contribution in [0.2, 0.25) is 0 Å².